The van der Waals surface area contributed by atoms with Gasteiger partial charge in [0.25, 0.3) is 0 Å². The highest BCUT2D eigenvalue weighted by atomic mass is 15.0. The smallest absolute Gasteiger partial charge is 0.0992 e. The van der Waals surface area contributed by atoms with E-state index in [2.05, 4.69) is 141 Å². The highest BCUT2D eigenvalue weighted by Gasteiger charge is 2.24. The molecule has 0 saturated carbocycles. The molecule has 10 aromatic rings. The zero-order valence-corrected chi connectivity index (χ0v) is 26.2. The van der Waals surface area contributed by atoms with E-state index in [1.807, 2.05) is 36.4 Å². The van der Waals surface area contributed by atoms with Gasteiger partial charge in [-0.25, -0.2) is 0 Å². The minimum Gasteiger partial charge on any atom is -0.309 e. The molecule has 10 rings (SSSR count). The van der Waals surface area contributed by atoms with Crippen LogP contribution in [-0.2, 0) is 0 Å². The first-order valence-electron chi connectivity index (χ1n) is 16.2. The Kier molecular flexibility index (Phi) is 5.64. The van der Waals surface area contributed by atoms with Crippen LogP contribution in [0.3, 0.4) is 0 Å². The number of nitrogens with zero attached hydrogens (tertiary/aromatic N) is 5. The lowest BCUT2D eigenvalue weighted by Crippen LogP contribution is -1.96. The molecule has 7 aromatic carbocycles. The molecule has 0 amide bonds. The maximum atomic E-state index is 9.94. The third kappa shape index (κ3) is 3.73. The predicted octanol–water partition coefficient (Wildman–Crippen LogP) is 10.7. The Morgan fingerprint density at radius 2 is 0.857 bits per heavy atom. The van der Waals surface area contributed by atoms with Gasteiger partial charge in [0, 0.05) is 49.4 Å². The largest absolute Gasteiger partial charge is 0.309 e. The second kappa shape index (κ2) is 10.2. The summed E-state index contributed by atoms with van der Waals surface area (Å²) in [6.07, 6.45) is 0. The molecular formula is C44H25N5. The van der Waals surface area contributed by atoms with E-state index in [-0.39, 0.29) is 0 Å². The molecule has 5 heteroatoms. The number of nitriles is 2. The summed E-state index contributed by atoms with van der Waals surface area (Å²) >= 11 is 0. The van der Waals surface area contributed by atoms with Crippen molar-refractivity contribution in [3.63, 3.8) is 0 Å². The molecule has 49 heavy (non-hydrogen) atoms. The maximum absolute atomic E-state index is 9.94. The zero-order valence-electron chi connectivity index (χ0n) is 26.2. The summed E-state index contributed by atoms with van der Waals surface area (Å²) in [5.41, 5.74) is 10.7. The fourth-order valence-corrected chi connectivity index (χ4v) is 7.90. The minimum atomic E-state index is 0.584. The SMILES string of the molecule is N#Cc1cccc(-n2c3cc(C#N)ccc3c3c2ccc2c4ccc5c(c6ccccc6n5-c5ccccc5)c4n(-c4ccccc4)c23)c1. The summed E-state index contributed by atoms with van der Waals surface area (Å²) in [6.45, 7) is 0. The molecule has 226 valence electrons. The number of hydrogen-bond acceptors (Lipinski definition) is 2. The molecule has 0 radical (unpaired) electrons. The average Bonchev–Trinajstić information content (AvgIpc) is 3.80. The van der Waals surface area contributed by atoms with Gasteiger partial charge in [0.2, 0.25) is 0 Å². The molecular weight excluding hydrogens is 599 g/mol. The lowest BCUT2D eigenvalue weighted by atomic mass is 10.1. The van der Waals surface area contributed by atoms with E-state index in [4.69, 9.17) is 0 Å². The number of fused-ring (bicyclic) bond motifs is 11. The summed E-state index contributed by atoms with van der Waals surface area (Å²) in [6, 6.07) is 57.0. The molecule has 0 unspecified atom stereocenters. The molecule has 0 fully saturated rings. The van der Waals surface area contributed by atoms with Crippen LogP contribution >= 0.6 is 0 Å². The second-order valence-electron chi connectivity index (χ2n) is 12.4. The van der Waals surface area contributed by atoms with Crippen molar-refractivity contribution in [1.29, 1.82) is 10.5 Å². The van der Waals surface area contributed by atoms with Crippen molar-refractivity contribution in [3.8, 4) is 29.2 Å². The highest BCUT2D eigenvalue weighted by Crippen LogP contribution is 2.46. The first-order valence-corrected chi connectivity index (χ1v) is 16.2. The maximum Gasteiger partial charge on any atom is 0.0992 e. The molecule has 0 saturated heterocycles. The van der Waals surface area contributed by atoms with Gasteiger partial charge in [-0.3, -0.25) is 0 Å². The van der Waals surface area contributed by atoms with Gasteiger partial charge < -0.3 is 13.7 Å². The summed E-state index contributed by atoms with van der Waals surface area (Å²) in [5, 5.41) is 26.6. The zero-order chi connectivity index (χ0) is 32.6. The molecule has 0 bridgehead atoms. The fourth-order valence-electron chi connectivity index (χ4n) is 7.90. The van der Waals surface area contributed by atoms with Crippen molar-refractivity contribution < 1.29 is 0 Å². The third-order valence-corrected chi connectivity index (χ3v) is 9.84. The fraction of sp³-hybridized carbons (Fsp3) is 0. The predicted molar refractivity (Wildman–Crippen MR) is 199 cm³/mol. The normalized spacial score (nSPS) is 11.6. The van der Waals surface area contributed by atoms with Crippen molar-refractivity contribution >= 4 is 65.4 Å². The highest BCUT2D eigenvalue weighted by molar-refractivity contribution is 6.31. The molecule has 0 aliphatic carbocycles. The van der Waals surface area contributed by atoms with E-state index in [0.29, 0.717) is 11.1 Å². The molecule has 0 aliphatic rings. The monoisotopic (exact) mass is 623 g/mol. The number of para-hydroxylation sites is 3. The van der Waals surface area contributed by atoms with E-state index < -0.39 is 0 Å². The van der Waals surface area contributed by atoms with E-state index in [1.54, 1.807) is 0 Å². The quantitative estimate of drug-likeness (QED) is 0.197. The van der Waals surface area contributed by atoms with Gasteiger partial charge in [-0.15, -0.1) is 0 Å². The van der Waals surface area contributed by atoms with Crippen LogP contribution in [0.2, 0.25) is 0 Å². The molecule has 3 heterocycles. The lowest BCUT2D eigenvalue weighted by molar-refractivity contribution is 1.17. The number of rotatable bonds is 3. The van der Waals surface area contributed by atoms with E-state index >= 15 is 0 Å². The first kappa shape index (κ1) is 27.1. The van der Waals surface area contributed by atoms with E-state index in [1.165, 1.54) is 16.2 Å². The van der Waals surface area contributed by atoms with E-state index in [9.17, 15) is 10.5 Å². The van der Waals surface area contributed by atoms with Gasteiger partial charge in [0.15, 0.2) is 0 Å². The molecule has 0 N–H and O–H groups in total. The van der Waals surface area contributed by atoms with Crippen LogP contribution in [0.15, 0.2) is 152 Å². The van der Waals surface area contributed by atoms with Crippen LogP contribution in [0, 0.1) is 22.7 Å². The topological polar surface area (TPSA) is 62.4 Å². The summed E-state index contributed by atoms with van der Waals surface area (Å²) in [5.74, 6) is 0. The summed E-state index contributed by atoms with van der Waals surface area (Å²) in [4.78, 5) is 0. The van der Waals surface area contributed by atoms with Crippen LogP contribution < -0.4 is 0 Å². The Hall–Kier alpha value is -7.08. The summed E-state index contributed by atoms with van der Waals surface area (Å²) in [7, 11) is 0. The average molecular weight is 624 g/mol. The number of aromatic nitrogens is 3. The minimum absolute atomic E-state index is 0.584. The van der Waals surface area contributed by atoms with Crippen LogP contribution in [0.4, 0.5) is 0 Å². The number of hydrogen-bond donors (Lipinski definition) is 0. The molecule has 5 nitrogen and oxygen atoms in total. The van der Waals surface area contributed by atoms with Crippen molar-refractivity contribution in [3.05, 3.63) is 163 Å². The first-order chi connectivity index (χ1) is 24.2. The molecule has 0 atom stereocenters. The molecule has 0 aliphatic heterocycles. The number of benzene rings is 7. The second-order valence-corrected chi connectivity index (χ2v) is 12.4. The standard InChI is InChI=1S/C44H25N5/c45-26-28-10-9-15-32(24-28)48-39-23-21-34-33-20-22-38-41(35-16-7-8-17-37(35)47(38)30-11-3-1-4-12-30)43(33)49(31-13-5-2-6-14-31)44(34)42(39)36-19-18-29(27-46)25-40(36)48/h1-25H. The Bertz CT molecular complexity index is 3050. The van der Waals surface area contributed by atoms with Gasteiger partial charge in [0.1, 0.15) is 0 Å². The Morgan fingerprint density at radius 1 is 0.347 bits per heavy atom. The third-order valence-electron chi connectivity index (χ3n) is 9.84. The van der Waals surface area contributed by atoms with Crippen LogP contribution in [0.1, 0.15) is 11.1 Å². The lowest BCUT2D eigenvalue weighted by Gasteiger charge is -2.11. The van der Waals surface area contributed by atoms with Gasteiger partial charge >= 0.3 is 0 Å². The Morgan fingerprint density at radius 3 is 1.51 bits per heavy atom. The Labute approximate surface area is 280 Å². The van der Waals surface area contributed by atoms with Crippen molar-refractivity contribution in [2.24, 2.45) is 0 Å². The van der Waals surface area contributed by atoms with Crippen LogP contribution in [0.5, 0.6) is 0 Å². The molecule has 0 spiro atoms. The van der Waals surface area contributed by atoms with Crippen molar-refractivity contribution in [1.82, 2.24) is 13.7 Å². The van der Waals surface area contributed by atoms with Crippen molar-refractivity contribution in [2.75, 3.05) is 0 Å². The van der Waals surface area contributed by atoms with Gasteiger partial charge in [-0.2, -0.15) is 10.5 Å². The molecule has 3 aromatic heterocycles. The Balaban J connectivity index is 1.47. The van der Waals surface area contributed by atoms with Crippen LogP contribution in [-0.4, -0.2) is 13.7 Å². The van der Waals surface area contributed by atoms with Gasteiger partial charge in [0.05, 0.1) is 56.4 Å². The summed E-state index contributed by atoms with van der Waals surface area (Å²) < 4.78 is 6.99. The van der Waals surface area contributed by atoms with Crippen LogP contribution in [0.25, 0.3) is 82.5 Å². The van der Waals surface area contributed by atoms with Gasteiger partial charge in [-0.05, 0) is 72.8 Å². The van der Waals surface area contributed by atoms with Crippen molar-refractivity contribution in [2.45, 2.75) is 0 Å². The van der Waals surface area contributed by atoms with Gasteiger partial charge in [-0.1, -0.05) is 78.9 Å². The van der Waals surface area contributed by atoms with E-state index in [0.717, 1.165) is 66.3 Å².